The van der Waals surface area contributed by atoms with Crippen LogP contribution >= 0.6 is 0 Å². The lowest BCUT2D eigenvalue weighted by atomic mass is 10.1. The molecular formula is C8H17NO2. The van der Waals surface area contributed by atoms with Gasteiger partial charge in [-0.05, 0) is 26.2 Å². The van der Waals surface area contributed by atoms with Gasteiger partial charge in [0.05, 0.1) is 6.10 Å². The molecule has 66 valence electrons. The smallest absolute Gasteiger partial charge is 0.207 e. The van der Waals surface area contributed by atoms with Crippen LogP contribution in [0.3, 0.4) is 0 Å². The summed E-state index contributed by atoms with van der Waals surface area (Å²) in [5, 5.41) is 11.8. The molecule has 0 radical (unpaired) electrons. The Balaban J connectivity index is 3.29. The average Bonchev–Trinajstić information content (AvgIpc) is 2.01. The van der Waals surface area contributed by atoms with Crippen LogP contribution in [-0.4, -0.2) is 23.7 Å². The number of nitrogens with one attached hydrogen (secondary N) is 1. The van der Waals surface area contributed by atoms with E-state index >= 15 is 0 Å². The summed E-state index contributed by atoms with van der Waals surface area (Å²) >= 11 is 0. The molecule has 3 heteroatoms. The van der Waals surface area contributed by atoms with Crippen molar-refractivity contribution in [2.45, 2.75) is 45.3 Å². The van der Waals surface area contributed by atoms with Gasteiger partial charge in [-0.15, -0.1) is 0 Å². The molecule has 0 heterocycles. The Kier molecular flexibility index (Phi) is 5.84. The summed E-state index contributed by atoms with van der Waals surface area (Å²) in [7, 11) is 0. The zero-order valence-electron chi connectivity index (χ0n) is 7.21. The van der Waals surface area contributed by atoms with E-state index in [1.165, 1.54) is 0 Å². The van der Waals surface area contributed by atoms with Crippen molar-refractivity contribution in [3.63, 3.8) is 0 Å². The van der Waals surface area contributed by atoms with Crippen LogP contribution in [0.1, 0.15) is 33.1 Å². The van der Waals surface area contributed by atoms with Crippen molar-refractivity contribution in [2.24, 2.45) is 0 Å². The Bertz CT molecular complexity index is 106. The fourth-order valence-electron chi connectivity index (χ4n) is 0.846. The Labute approximate surface area is 67.8 Å². The zero-order chi connectivity index (χ0) is 8.69. The van der Waals surface area contributed by atoms with Gasteiger partial charge in [0.2, 0.25) is 6.41 Å². The maximum Gasteiger partial charge on any atom is 0.207 e. The van der Waals surface area contributed by atoms with Gasteiger partial charge in [0.25, 0.3) is 0 Å². The van der Waals surface area contributed by atoms with Gasteiger partial charge in [0, 0.05) is 6.04 Å². The summed E-state index contributed by atoms with van der Waals surface area (Å²) in [6.45, 7) is 3.87. The lowest BCUT2D eigenvalue weighted by molar-refractivity contribution is -0.110. The van der Waals surface area contributed by atoms with Crippen molar-refractivity contribution < 1.29 is 9.90 Å². The second-order valence-electron chi connectivity index (χ2n) is 2.82. The summed E-state index contributed by atoms with van der Waals surface area (Å²) in [6, 6.07) is 0.175. The third-order valence-electron chi connectivity index (χ3n) is 1.76. The summed E-state index contributed by atoms with van der Waals surface area (Å²) in [5.74, 6) is 0. The third-order valence-corrected chi connectivity index (χ3v) is 1.76. The number of aliphatic hydroxyl groups is 1. The van der Waals surface area contributed by atoms with Gasteiger partial charge in [0.1, 0.15) is 0 Å². The molecule has 3 nitrogen and oxygen atoms in total. The molecular weight excluding hydrogens is 142 g/mol. The number of amides is 1. The minimum atomic E-state index is -0.217. The zero-order valence-corrected chi connectivity index (χ0v) is 7.21. The van der Waals surface area contributed by atoms with Crippen LogP contribution in [0.2, 0.25) is 0 Å². The first-order chi connectivity index (χ1) is 5.20. The number of hydrogen-bond acceptors (Lipinski definition) is 2. The molecule has 2 atom stereocenters. The molecule has 11 heavy (non-hydrogen) atoms. The number of carbonyl (C=O) groups excluding carboxylic acids is 1. The van der Waals surface area contributed by atoms with Crippen LogP contribution in [0.5, 0.6) is 0 Å². The van der Waals surface area contributed by atoms with Gasteiger partial charge in [0.15, 0.2) is 0 Å². The van der Waals surface area contributed by atoms with E-state index in [9.17, 15) is 4.79 Å². The summed E-state index contributed by atoms with van der Waals surface area (Å²) in [6.07, 6.45) is 2.87. The van der Waals surface area contributed by atoms with Crippen molar-refractivity contribution in [3.8, 4) is 0 Å². The normalized spacial score (nSPS) is 15.5. The lowest BCUT2D eigenvalue weighted by Gasteiger charge is -2.12. The van der Waals surface area contributed by atoms with E-state index in [1.807, 2.05) is 13.8 Å². The fraction of sp³-hybridized carbons (Fsp3) is 0.875. The van der Waals surface area contributed by atoms with Crippen molar-refractivity contribution in [1.82, 2.24) is 5.32 Å². The summed E-state index contributed by atoms with van der Waals surface area (Å²) in [4.78, 5) is 9.96. The van der Waals surface area contributed by atoms with E-state index in [4.69, 9.17) is 5.11 Å². The van der Waals surface area contributed by atoms with Crippen molar-refractivity contribution in [2.75, 3.05) is 0 Å². The highest BCUT2D eigenvalue weighted by Crippen LogP contribution is 2.03. The van der Waals surface area contributed by atoms with Gasteiger partial charge >= 0.3 is 0 Å². The highest BCUT2D eigenvalue weighted by Gasteiger charge is 2.04. The van der Waals surface area contributed by atoms with Gasteiger partial charge in [-0.25, -0.2) is 0 Å². The van der Waals surface area contributed by atoms with Gasteiger partial charge < -0.3 is 10.4 Å². The molecule has 1 amide bonds. The van der Waals surface area contributed by atoms with Crippen LogP contribution < -0.4 is 5.32 Å². The molecule has 2 N–H and O–H groups in total. The molecule has 0 saturated heterocycles. The highest BCUT2D eigenvalue weighted by molar-refractivity contribution is 5.46. The molecule has 0 saturated carbocycles. The third kappa shape index (κ3) is 5.85. The van der Waals surface area contributed by atoms with E-state index in [0.29, 0.717) is 6.41 Å². The Hall–Kier alpha value is -0.570. The fourth-order valence-corrected chi connectivity index (χ4v) is 0.846. The lowest BCUT2D eigenvalue weighted by Crippen LogP contribution is -2.25. The maximum atomic E-state index is 9.96. The molecule has 0 aromatic heterocycles. The van der Waals surface area contributed by atoms with E-state index in [-0.39, 0.29) is 12.1 Å². The Morgan fingerprint density at radius 2 is 2.18 bits per heavy atom. The van der Waals surface area contributed by atoms with E-state index in [2.05, 4.69) is 5.32 Å². The molecule has 0 aromatic carbocycles. The number of carbonyl (C=O) groups is 1. The molecule has 0 rings (SSSR count). The first-order valence-electron chi connectivity index (χ1n) is 4.08. The first kappa shape index (κ1) is 10.4. The van der Waals surface area contributed by atoms with E-state index < -0.39 is 0 Å². The quantitative estimate of drug-likeness (QED) is 0.560. The minimum Gasteiger partial charge on any atom is -0.393 e. The summed E-state index contributed by atoms with van der Waals surface area (Å²) in [5.41, 5.74) is 0. The minimum absolute atomic E-state index is 0.175. The van der Waals surface area contributed by atoms with Crippen molar-refractivity contribution >= 4 is 6.41 Å². The van der Waals surface area contributed by atoms with Gasteiger partial charge in [-0.3, -0.25) is 4.79 Å². The topological polar surface area (TPSA) is 49.3 Å². The second-order valence-corrected chi connectivity index (χ2v) is 2.82. The molecule has 0 fully saturated rings. The van der Waals surface area contributed by atoms with Crippen LogP contribution in [-0.2, 0) is 4.79 Å². The highest BCUT2D eigenvalue weighted by atomic mass is 16.3. The Morgan fingerprint density at radius 1 is 1.55 bits per heavy atom. The molecule has 0 aromatic rings. The van der Waals surface area contributed by atoms with E-state index in [1.54, 1.807) is 0 Å². The average molecular weight is 159 g/mol. The number of aliphatic hydroxyl groups excluding tert-OH is 1. The van der Waals surface area contributed by atoms with Gasteiger partial charge in [-0.2, -0.15) is 0 Å². The van der Waals surface area contributed by atoms with Crippen LogP contribution in [0.15, 0.2) is 0 Å². The summed E-state index contributed by atoms with van der Waals surface area (Å²) < 4.78 is 0. The van der Waals surface area contributed by atoms with E-state index in [0.717, 1.165) is 19.3 Å². The molecule has 0 spiro atoms. The van der Waals surface area contributed by atoms with Crippen LogP contribution in [0.25, 0.3) is 0 Å². The van der Waals surface area contributed by atoms with Crippen molar-refractivity contribution in [3.05, 3.63) is 0 Å². The predicted molar refractivity (Wildman–Crippen MR) is 44.2 cm³/mol. The Morgan fingerprint density at radius 3 is 2.64 bits per heavy atom. The largest absolute Gasteiger partial charge is 0.393 e. The molecule has 2 unspecified atom stereocenters. The number of rotatable bonds is 6. The molecule has 0 aliphatic carbocycles. The monoisotopic (exact) mass is 159 g/mol. The first-order valence-corrected chi connectivity index (χ1v) is 4.08. The number of hydrogen-bond donors (Lipinski definition) is 2. The molecule has 0 aliphatic heterocycles. The van der Waals surface area contributed by atoms with Crippen LogP contribution in [0, 0.1) is 0 Å². The van der Waals surface area contributed by atoms with Crippen molar-refractivity contribution in [1.29, 1.82) is 0 Å². The predicted octanol–water partition coefficient (Wildman–Crippen LogP) is 0.672. The second kappa shape index (κ2) is 6.16. The van der Waals surface area contributed by atoms with Gasteiger partial charge in [-0.1, -0.05) is 6.92 Å². The molecule has 0 bridgehead atoms. The SMILES string of the molecule is CCC(O)CCC(C)NC=O. The van der Waals surface area contributed by atoms with Crippen LogP contribution in [0.4, 0.5) is 0 Å². The standard InChI is InChI=1S/C8H17NO2/c1-3-8(11)5-4-7(2)9-6-10/h6-8,11H,3-5H2,1-2H3,(H,9,10). The maximum absolute atomic E-state index is 9.96. The molecule has 0 aliphatic rings.